The fraction of sp³-hybridized carbons (Fsp3) is 0.100. The lowest BCUT2D eigenvalue weighted by molar-refractivity contribution is 1.38. The zero-order valence-corrected chi connectivity index (χ0v) is 9.36. The van der Waals surface area contributed by atoms with Crippen molar-refractivity contribution in [3.8, 4) is 0 Å². The van der Waals surface area contributed by atoms with E-state index in [0.29, 0.717) is 0 Å². The average Bonchev–Trinajstić information content (AvgIpc) is 2.72. The van der Waals surface area contributed by atoms with Gasteiger partial charge in [-0.1, -0.05) is 0 Å². The highest BCUT2D eigenvalue weighted by Crippen LogP contribution is 2.21. The number of hydrogen-bond acceptors (Lipinski definition) is 4. The molecule has 2 nitrogen and oxygen atoms in total. The van der Waals surface area contributed by atoms with Crippen LogP contribution in [-0.4, -0.2) is 11.2 Å². The molecular formula is C10H10N2S2. The maximum Gasteiger partial charge on any atom is 0.187 e. The Bertz CT molecular complexity index is 381. The molecule has 72 valence electrons. The number of thiazole rings is 1. The zero-order valence-electron chi connectivity index (χ0n) is 7.73. The fourth-order valence-electron chi connectivity index (χ4n) is 1.08. The Kier molecular flexibility index (Phi) is 3.06. The Balaban J connectivity index is 2.10. The second-order valence-corrected chi connectivity index (χ2v) is 4.46. The minimum Gasteiger partial charge on any atom is -0.332 e. The van der Waals surface area contributed by atoms with Crippen molar-refractivity contribution in [2.45, 2.75) is 4.90 Å². The van der Waals surface area contributed by atoms with Gasteiger partial charge in [-0.15, -0.1) is 23.1 Å². The van der Waals surface area contributed by atoms with E-state index in [0.717, 1.165) is 10.8 Å². The van der Waals surface area contributed by atoms with Crippen molar-refractivity contribution < 1.29 is 0 Å². The summed E-state index contributed by atoms with van der Waals surface area (Å²) in [6.07, 6.45) is 3.87. The zero-order chi connectivity index (χ0) is 9.80. The van der Waals surface area contributed by atoms with Gasteiger partial charge in [0.2, 0.25) is 0 Å². The van der Waals surface area contributed by atoms with Gasteiger partial charge in [0, 0.05) is 22.2 Å². The van der Waals surface area contributed by atoms with Crippen molar-refractivity contribution in [3.05, 3.63) is 35.8 Å². The van der Waals surface area contributed by atoms with Crippen molar-refractivity contribution in [2.24, 2.45) is 0 Å². The van der Waals surface area contributed by atoms with Crippen LogP contribution in [0.25, 0.3) is 0 Å². The van der Waals surface area contributed by atoms with Crippen LogP contribution in [0.2, 0.25) is 0 Å². The number of nitrogens with zero attached hydrogens (tertiary/aromatic N) is 1. The van der Waals surface area contributed by atoms with Crippen molar-refractivity contribution in [1.29, 1.82) is 0 Å². The van der Waals surface area contributed by atoms with Gasteiger partial charge >= 0.3 is 0 Å². The summed E-state index contributed by atoms with van der Waals surface area (Å²) in [6, 6.07) is 8.32. The summed E-state index contributed by atoms with van der Waals surface area (Å²) >= 11 is 3.34. The molecule has 0 aliphatic rings. The van der Waals surface area contributed by atoms with Crippen molar-refractivity contribution in [3.63, 3.8) is 0 Å². The maximum absolute atomic E-state index is 4.16. The molecule has 0 radical (unpaired) electrons. The Morgan fingerprint density at radius 3 is 2.64 bits per heavy atom. The number of rotatable bonds is 3. The number of nitrogens with one attached hydrogen (secondary N) is 1. The molecule has 1 N–H and O–H groups in total. The molecule has 2 aromatic rings. The Morgan fingerprint density at radius 2 is 2.07 bits per heavy atom. The van der Waals surface area contributed by atoms with Crippen LogP contribution in [0.5, 0.6) is 0 Å². The Labute approximate surface area is 91.4 Å². The van der Waals surface area contributed by atoms with E-state index in [-0.39, 0.29) is 0 Å². The van der Waals surface area contributed by atoms with E-state index < -0.39 is 0 Å². The first kappa shape index (κ1) is 9.55. The summed E-state index contributed by atoms with van der Waals surface area (Å²) in [4.78, 5) is 5.43. The van der Waals surface area contributed by atoms with E-state index in [4.69, 9.17) is 0 Å². The van der Waals surface area contributed by atoms with E-state index in [1.165, 1.54) is 4.90 Å². The third-order valence-electron chi connectivity index (χ3n) is 1.77. The number of anilines is 2. The monoisotopic (exact) mass is 222 g/mol. The lowest BCUT2D eigenvalue weighted by Gasteiger charge is -2.02. The predicted molar refractivity (Wildman–Crippen MR) is 63.6 cm³/mol. The lowest BCUT2D eigenvalue weighted by Crippen LogP contribution is -1.87. The van der Waals surface area contributed by atoms with Crippen LogP contribution in [0.3, 0.4) is 0 Å². The van der Waals surface area contributed by atoms with Crippen LogP contribution in [0.15, 0.2) is 40.7 Å². The van der Waals surface area contributed by atoms with E-state index >= 15 is 0 Å². The molecule has 0 aliphatic carbocycles. The summed E-state index contributed by atoms with van der Waals surface area (Å²) in [6.45, 7) is 0. The highest BCUT2D eigenvalue weighted by atomic mass is 32.2. The minimum atomic E-state index is 0.932. The van der Waals surface area contributed by atoms with Gasteiger partial charge in [0.1, 0.15) is 0 Å². The van der Waals surface area contributed by atoms with Crippen LogP contribution in [-0.2, 0) is 0 Å². The molecule has 0 bridgehead atoms. The van der Waals surface area contributed by atoms with Crippen molar-refractivity contribution in [2.75, 3.05) is 11.6 Å². The first-order valence-electron chi connectivity index (χ1n) is 4.19. The molecule has 0 atom stereocenters. The van der Waals surface area contributed by atoms with Crippen LogP contribution in [0.1, 0.15) is 0 Å². The van der Waals surface area contributed by atoms with E-state index in [9.17, 15) is 0 Å². The SMILES string of the molecule is CSc1ccc(Nc2nccs2)cc1. The normalized spacial score (nSPS) is 10.1. The number of benzene rings is 1. The predicted octanol–water partition coefficient (Wildman–Crippen LogP) is 3.61. The largest absolute Gasteiger partial charge is 0.332 e. The molecule has 0 saturated carbocycles. The van der Waals surface area contributed by atoms with Crippen LogP contribution < -0.4 is 5.32 Å². The first-order chi connectivity index (χ1) is 6.88. The van der Waals surface area contributed by atoms with E-state index in [2.05, 4.69) is 40.8 Å². The first-order valence-corrected chi connectivity index (χ1v) is 6.29. The third-order valence-corrected chi connectivity index (χ3v) is 3.21. The molecular weight excluding hydrogens is 212 g/mol. The summed E-state index contributed by atoms with van der Waals surface area (Å²) in [5.74, 6) is 0. The highest BCUT2D eigenvalue weighted by molar-refractivity contribution is 7.98. The molecule has 0 fully saturated rings. The van der Waals surface area contributed by atoms with Gasteiger partial charge in [-0.3, -0.25) is 0 Å². The van der Waals surface area contributed by atoms with Crippen molar-refractivity contribution >= 4 is 33.9 Å². The quantitative estimate of drug-likeness (QED) is 0.803. The van der Waals surface area contributed by atoms with E-state index in [1.807, 2.05) is 5.38 Å². The number of hydrogen-bond donors (Lipinski definition) is 1. The minimum absolute atomic E-state index is 0.932. The fourth-order valence-corrected chi connectivity index (χ4v) is 2.04. The summed E-state index contributed by atoms with van der Waals surface area (Å²) in [5, 5.41) is 6.12. The topological polar surface area (TPSA) is 24.9 Å². The number of thioether (sulfide) groups is 1. The second-order valence-electron chi connectivity index (χ2n) is 2.69. The van der Waals surface area contributed by atoms with Gasteiger partial charge < -0.3 is 5.32 Å². The summed E-state index contributed by atoms with van der Waals surface area (Å²) in [7, 11) is 0. The molecule has 1 aromatic heterocycles. The molecule has 0 spiro atoms. The third kappa shape index (κ3) is 2.27. The molecule has 1 aromatic carbocycles. The smallest absolute Gasteiger partial charge is 0.187 e. The molecule has 0 aliphatic heterocycles. The maximum atomic E-state index is 4.16. The van der Waals surface area contributed by atoms with E-state index in [1.54, 1.807) is 29.3 Å². The Morgan fingerprint density at radius 1 is 1.29 bits per heavy atom. The number of aromatic nitrogens is 1. The molecule has 14 heavy (non-hydrogen) atoms. The lowest BCUT2D eigenvalue weighted by atomic mass is 10.3. The highest BCUT2D eigenvalue weighted by Gasteiger charge is 1.96. The van der Waals surface area contributed by atoms with Gasteiger partial charge in [-0.05, 0) is 30.5 Å². The molecule has 0 saturated heterocycles. The van der Waals surface area contributed by atoms with Crippen LogP contribution in [0.4, 0.5) is 10.8 Å². The second kappa shape index (κ2) is 4.48. The molecule has 2 rings (SSSR count). The van der Waals surface area contributed by atoms with Gasteiger partial charge in [0.25, 0.3) is 0 Å². The van der Waals surface area contributed by atoms with Gasteiger partial charge in [0.15, 0.2) is 5.13 Å². The van der Waals surface area contributed by atoms with Crippen LogP contribution in [0, 0.1) is 0 Å². The van der Waals surface area contributed by atoms with Gasteiger partial charge in [0.05, 0.1) is 0 Å². The molecule has 1 heterocycles. The van der Waals surface area contributed by atoms with Gasteiger partial charge in [-0.2, -0.15) is 0 Å². The van der Waals surface area contributed by atoms with Crippen molar-refractivity contribution in [1.82, 2.24) is 4.98 Å². The molecule has 4 heteroatoms. The standard InChI is InChI=1S/C10H10N2S2/c1-13-9-4-2-8(3-5-9)12-10-11-6-7-14-10/h2-7H,1H3,(H,11,12). The summed E-state index contributed by atoms with van der Waals surface area (Å²) < 4.78 is 0. The molecule has 0 amide bonds. The molecule has 0 unspecified atom stereocenters. The Hall–Kier alpha value is -1.00. The van der Waals surface area contributed by atoms with Crippen LogP contribution >= 0.6 is 23.1 Å². The van der Waals surface area contributed by atoms with Gasteiger partial charge in [-0.25, -0.2) is 4.98 Å². The average molecular weight is 222 g/mol. The summed E-state index contributed by atoms with van der Waals surface area (Å²) in [5.41, 5.74) is 1.08.